The van der Waals surface area contributed by atoms with Gasteiger partial charge in [0, 0.05) is 17.9 Å². The predicted octanol–water partition coefficient (Wildman–Crippen LogP) is 3.74. The summed E-state index contributed by atoms with van der Waals surface area (Å²) in [6, 6.07) is 18.0. The largest absolute Gasteiger partial charge is 0.286 e. The first-order chi connectivity index (χ1) is 10.7. The van der Waals surface area contributed by atoms with E-state index in [-0.39, 0.29) is 5.91 Å². The number of amides is 1. The molecular weight excluding hydrogens is 292 g/mol. The molecule has 0 saturated carbocycles. The van der Waals surface area contributed by atoms with Crippen molar-refractivity contribution < 1.29 is 4.79 Å². The van der Waals surface area contributed by atoms with Crippen LogP contribution in [0.3, 0.4) is 0 Å². The molecule has 0 radical (unpaired) electrons. The smallest absolute Gasteiger partial charge is 0.259 e. The fraction of sp³-hybridized carbons (Fsp3) is 0.222. The van der Waals surface area contributed by atoms with Crippen molar-refractivity contribution in [1.29, 1.82) is 0 Å². The van der Waals surface area contributed by atoms with E-state index in [4.69, 9.17) is 0 Å². The van der Waals surface area contributed by atoms with E-state index in [1.165, 1.54) is 5.56 Å². The minimum absolute atomic E-state index is 0.0387. The van der Waals surface area contributed by atoms with Crippen LogP contribution in [-0.2, 0) is 5.75 Å². The van der Waals surface area contributed by atoms with Crippen LogP contribution in [0.2, 0.25) is 0 Å². The fourth-order valence-corrected chi connectivity index (χ4v) is 3.31. The highest BCUT2D eigenvalue weighted by atomic mass is 32.2. The molecule has 2 aromatic carbocycles. The third kappa shape index (κ3) is 3.39. The molecule has 3 rings (SSSR count). The maximum Gasteiger partial charge on any atom is 0.259 e. The van der Waals surface area contributed by atoms with Gasteiger partial charge in [0.2, 0.25) is 0 Å². The summed E-state index contributed by atoms with van der Waals surface area (Å²) in [6.45, 7) is 3.38. The lowest BCUT2D eigenvalue weighted by atomic mass is 10.1. The second-order valence-electron chi connectivity index (χ2n) is 5.26. The summed E-state index contributed by atoms with van der Waals surface area (Å²) < 4.78 is 0. The lowest BCUT2D eigenvalue weighted by Gasteiger charge is -2.18. The van der Waals surface area contributed by atoms with E-state index in [0.29, 0.717) is 13.1 Å². The number of hydrogen-bond acceptors (Lipinski definition) is 3. The van der Waals surface area contributed by atoms with Crippen molar-refractivity contribution >= 4 is 22.8 Å². The average molecular weight is 310 g/mol. The first kappa shape index (κ1) is 14.9. The van der Waals surface area contributed by atoms with Gasteiger partial charge in [-0.15, -0.1) is 0 Å². The van der Waals surface area contributed by atoms with Crippen molar-refractivity contribution in [3.05, 3.63) is 71.3 Å². The average Bonchev–Trinajstić information content (AvgIpc) is 3.02. The van der Waals surface area contributed by atoms with Gasteiger partial charge in [0.05, 0.1) is 6.54 Å². The number of benzene rings is 2. The molecule has 0 saturated heterocycles. The summed E-state index contributed by atoms with van der Waals surface area (Å²) in [5.41, 5.74) is 3.12. The van der Waals surface area contributed by atoms with E-state index in [1.807, 2.05) is 49.4 Å². The van der Waals surface area contributed by atoms with Gasteiger partial charge in [-0.05, 0) is 24.6 Å². The van der Waals surface area contributed by atoms with E-state index in [0.717, 1.165) is 22.0 Å². The highest BCUT2D eigenvalue weighted by molar-refractivity contribution is 8.13. The molecule has 2 aromatic rings. The molecule has 1 aliphatic rings. The molecule has 0 unspecified atom stereocenters. The predicted molar refractivity (Wildman–Crippen MR) is 92.3 cm³/mol. The third-order valence-corrected chi connectivity index (χ3v) is 4.64. The van der Waals surface area contributed by atoms with Gasteiger partial charge in [0.25, 0.3) is 5.91 Å². The lowest BCUT2D eigenvalue weighted by Crippen LogP contribution is -2.32. The SMILES string of the molecule is Cc1ccc(C(=O)N2CCN=C2SCc2ccccc2)cc1. The van der Waals surface area contributed by atoms with Crippen LogP contribution >= 0.6 is 11.8 Å². The number of aliphatic imine (C=N–C) groups is 1. The van der Waals surface area contributed by atoms with Crippen molar-refractivity contribution in [3.63, 3.8) is 0 Å². The highest BCUT2D eigenvalue weighted by Gasteiger charge is 2.24. The highest BCUT2D eigenvalue weighted by Crippen LogP contribution is 2.21. The Morgan fingerprint density at radius 3 is 2.59 bits per heavy atom. The number of carbonyl (C=O) groups excluding carboxylic acids is 1. The lowest BCUT2D eigenvalue weighted by molar-refractivity contribution is 0.0860. The number of hydrogen-bond donors (Lipinski definition) is 0. The minimum atomic E-state index is 0.0387. The molecule has 3 nitrogen and oxygen atoms in total. The Labute approximate surface area is 135 Å². The normalized spacial score (nSPS) is 14.0. The molecular formula is C18H18N2OS. The van der Waals surface area contributed by atoms with Crippen molar-refractivity contribution in [2.45, 2.75) is 12.7 Å². The molecule has 0 bridgehead atoms. The molecule has 22 heavy (non-hydrogen) atoms. The van der Waals surface area contributed by atoms with Gasteiger partial charge >= 0.3 is 0 Å². The summed E-state index contributed by atoms with van der Waals surface area (Å²) in [5.74, 6) is 0.869. The Hall–Kier alpha value is -2.07. The topological polar surface area (TPSA) is 32.7 Å². The molecule has 0 aromatic heterocycles. The van der Waals surface area contributed by atoms with Crippen molar-refractivity contribution in [2.24, 2.45) is 4.99 Å². The first-order valence-corrected chi connectivity index (χ1v) is 8.32. The van der Waals surface area contributed by atoms with Crippen LogP contribution in [-0.4, -0.2) is 29.1 Å². The van der Waals surface area contributed by atoms with Gasteiger partial charge in [-0.25, -0.2) is 0 Å². The molecule has 0 aliphatic carbocycles. The van der Waals surface area contributed by atoms with Gasteiger partial charge in [-0.1, -0.05) is 59.8 Å². The van der Waals surface area contributed by atoms with Gasteiger partial charge in [-0.3, -0.25) is 14.7 Å². The molecule has 1 aliphatic heterocycles. The summed E-state index contributed by atoms with van der Waals surface area (Å²) in [6.07, 6.45) is 0. The zero-order chi connectivity index (χ0) is 15.4. The summed E-state index contributed by atoms with van der Waals surface area (Å²) >= 11 is 1.63. The Kier molecular flexibility index (Phi) is 4.59. The van der Waals surface area contributed by atoms with Gasteiger partial charge in [0.15, 0.2) is 5.17 Å². The number of rotatable bonds is 3. The maximum absolute atomic E-state index is 12.6. The van der Waals surface area contributed by atoms with Crippen LogP contribution in [0.25, 0.3) is 0 Å². The number of aryl methyl sites for hydroxylation is 1. The Balaban J connectivity index is 1.67. The first-order valence-electron chi connectivity index (χ1n) is 7.34. The van der Waals surface area contributed by atoms with Crippen LogP contribution in [0, 0.1) is 6.92 Å². The van der Waals surface area contributed by atoms with E-state index in [9.17, 15) is 4.79 Å². The van der Waals surface area contributed by atoms with Crippen LogP contribution < -0.4 is 0 Å². The third-order valence-electron chi connectivity index (χ3n) is 3.56. The minimum Gasteiger partial charge on any atom is -0.286 e. The van der Waals surface area contributed by atoms with E-state index < -0.39 is 0 Å². The summed E-state index contributed by atoms with van der Waals surface area (Å²) in [5, 5.41) is 0.828. The molecule has 0 fully saturated rings. The van der Waals surface area contributed by atoms with Crippen molar-refractivity contribution in [1.82, 2.24) is 4.90 Å². The fourth-order valence-electron chi connectivity index (χ4n) is 2.31. The van der Waals surface area contributed by atoms with Crippen LogP contribution in [0.5, 0.6) is 0 Å². The molecule has 0 spiro atoms. The van der Waals surface area contributed by atoms with Gasteiger partial charge in [-0.2, -0.15) is 0 Å². The van der Waals surface area contributed by atoms with Crippen molar-refractivity contribution in [3.8, 4) is 0 Å². The Morgan fingerprint density at radius 1 is 1.14 bits per heavy atom. The summed E-state index contributed by atoms with van der Waals surface area (Å²) in [4.78, 5) is 18.9. The second-order valence-corrected chi connectivity index (χ2v) is 6.20. The molecule has 0 atom stereocenters. The van der Waals surface area contributed by atoms with Gasteiger partial charge in [0.1, 0.15) is 0 Å². The zero-order valence-electron chi connectivity index (χ0n) is 12.5. The molecule has 1 amide bonds. The second kappa shape index (κ2) is 6.79. The summed E-state index contributed by atoms with van der Waals surface area (Å²) in [7, 11) is 0. The van der Waals surface area contributed by atoms with Crippen LogP contribution in [0.15, 0.2) is 59.6 Å². The van der Waals surface area contributed by atoms with E-state index in [2.05, 4.69) is 17.1 Å². The van der Waals surface area contributed by atoms with Crippen LogP contribution in [0.4, 0.5) is 0 Å². The Bertz CT molecular complexity index is 680. The van der Waals surface area contributed by atoms with E-state index >= 15 is 0 Å². The number of carbonyl (C=O) groups is 1. The molecule has 4 heteroatoms. The molecule has 112 valence electrons. The number of thioether (sulfide) groups is 1. The maximum atomic E-state index is 12.6. The monoisotopic (exact) mass is 310 g/mol. The Morgan fingerprint density at radius 2 is 1.86 bits per heavy atom. The van der Waals surface area contributed by atoms with Crippen molar-refractivity contribution in [2.75, 3.05) is 13.1 Å². The molecule has 1 heterocycles. The number of nitrogens with zero attached hydrogens (tertiary/aromatic N) is 2. The number of amidine groups is 1. The van der Waals surface area contributed by atoms with Gasteiger partial charge < -0.3 is 0 Å². The quantitative estimate of drug-likeness (QED) is 0.865. The van der Waals surface area contributed by atoms with Crippen LogP contribution in [0.1, 0.15) is 21.5 Å². The molecule has 0 N–H and O–H groups in total. The zero-order valence-corrected chi connectivity index (χ0v) is 13.3. The standard InChI is InChI=1S/C18H18N2OS/c1-14-7-9-16(10-8-14)17(21)20-12-11-19-18(20)22-13-15-5-3-2-4-6-15/h2-10H,11-13H2,1H3. The van der Waals surface area contributed by atoms with E-state index in [1.54, 1.807) is 16.7 Å².